The van der Waals surface area contributed by atoms with Gasteiger partial charge in [-0.15, -0.1) is 0 Å². The van der Waals surface area contributed by atoms with Gasteiger partial charge in [-0.1, -0.05) is 13.3 Å². The maximum Gasteiger partial charge on any atom is 0.679 e. The zero-order chi connectivity index (χ0) is 17.9. The molecule has 24 heavy (non-hydrogen) atoms. The van der Waals surface area contributed by atoms with Crippen molar-refractivity contribution in [2.75, 3.05) is 66.1 Å². The number of rotatable bonds is 19. The van der Waals surface area contributed by atoms with Gasteiger partial charge in [0.05, 0.1) is 39.6 Å². The van der Waals surface area contributed by atoms with Crippen LogP contribution in [0.5, 0.6) is 0 Å². The third-order valence-corrected chi connectivity index (χ3v) is 5.14. The summed E-state index contributed by atoms with van der Waals surface area (Å²) >= 11 is 0. The van der Waals surface area contributed by atoms with Gasteiger partial charge < -0.3 is 31.9 Å². The molecule has 0 unspecified atom stereocenters. The Bertz CT molecular complexity index is 225. The van der Waals surface area contributed by atoms with Gasteiger partial charge in [0.1, 0.15) is 0 Å². The quantitative estimate of drug-likeness (QED) is 0.256. The topological polar surface area (TPSA) is 64.6 Å². The molecule has 0 saturated carbocycles. The van der Waals surface area contributed by atoms with E-state index in [0.717, 1.165) is 12.8 Å². The second kappa shape index (κ2) is 17.8. The van der Waals surface area contributed by atoms with Crippen molar-refractivity contribution in [1.82, 2.24) is 0 Å². The zero-order valence-electron chi connectivity index (χ0n) is 15.8. The van der Waals surface area contributed by atoms with Crippen LogP contribution >= 0.6 is 0 Å². The fraction of sp³-hybridized carbons (Fsp3) is 1.00. The molecule has 0 aromatic carbocycles. The predicted molar refractivity (Wildman–Crippen MR) is 93.9 cm³/mol. The molecule has 0 aliphatic heterocycles. The normalized spacial score (nSPS) is 12.0. The lowest BCUT2D eigenvalue weighted by Crippen LogP contribution is -2.51. The molecule has 146 valence electrons. The highest BCUT2D eigenvalue weighted by atomic mass is 28.4. The molecule has 0 saturated heterocycles. The molecule has 0 bridgehead atoms. The second-order valence-corrected chi connectivity index (χ2v) is 6.99. The fourth-order valence-corrected chi connectivity index (χ4v) is 3.60. The maximum atomic E-state index is 5.92. The van der Waals surface area contributed by atoms with Crippen molar-refractivity contribution in [2.24, 2.45) is 0 Å². The number of hydrogen-bond acceptors (Lipinski definition) is 7. The highest BCUT2D eigenvalue weighted by Gasteiger charge is 2.45. The standard InChI is InChI=1S/C16H36O7Si/c1-5-9-10-20-24(21-14-11-17-6-2,22-15-12-18-7-3)23-16-13-19-8-4/h5-16H2,1-4H3. The van der Waals surface area contributed by atoms with Crippen molar-refractivity contribution in [3.8, 4) is 0 Å². The van der Waals surface area contributed by atoms with E-state index in [-0.39, 0.29) is 0 Å². The van der Waals surface area contributed by atoms with Crippen molar-refractivity contribution < 1.29 is 31.9 Å². The van der Waals surface area contributed by atoms with E-state index in [1.165, 1.54) is 0 Å². The lowest BCUT2D eigenvalue weighted by atomic mass is 10.4. The summed E-state index contributed by atoms with van der Waals surface area (Å²) in [6.45, 7) is 13.0. The highest BCUT2D eigenvalue weighted by Crippen LogP contribution is 2.13. The van der Waals surface area contributed by atoms with Gasteiger partial charge in [-0.2, -0.15) is 0 Å². The Kier molecular flexibility index (Phi) is 17.7. The Morgan fingerprint density at radius 1 is 0.500 bits per heavy atom. The highest BCUT2D eigenvalue weighted by molar-refractivity contribution is 6.53. The lowest BCUT2D eigenvalue weighted by Gasteiger charge is -2.28. The molecule has 0 spiro atoms. The molecule has 8 heteroatoms. The minimum Gasteiger partial charge on any atom is -0.379 e. The summed E-state index contributed by atoms with van der Waals surface area (Å²) in [5.41, 5.74) is 0. The van der Waals surface area contributed by atoms with Crippen LogP contribution in [-0.2, 0) is 31.9 Å². The van der Waals surface area contributed by atoms with Crippen molar-refractivity contribution in [1.29, 1.82) is 0 Å². The van der Waals surface area contributed by atoms with E-state index in [4.69, 9.17) is 31.9 Å². The first-order valence-corrected chi connectivity index (χ1v) is 10.7. The summed E-state index contributed by atoms with van der Waals surface area (Å²) in [4.78, 5) is 0. The van der Waals surface area contributed by atoms with E-state index in [0.29, 0.717) is 66.1 Å². The van der Waals surface area contributed by atoms with Crippen molar-refractivity contribution in [3.63, 3.8) is 0 Å². The summed E-state index contributed by atoms with van der Waals surface area (Å²) in [7, 11) is -3.22. The van der Waals surface area contributed by atoms with Gasteiger partial charge >= 0.3 is 9.05 Å². The van der Waals surface area contributed by atoms with E-state index in [1.807, 2.05) is 20.8 Å². The first-order valence-electron chi connectivity index (χ1n) is 9.03. The largest absolute Gasteiger partial charge is 0.679 e. The molecule has 0 heterocycles. The lowest BCUT2D eigenvalue weighted by molar-refractivity contribution is -0.0612. The Labute approximate surface area is 148 Å². The van der Waals surface area contributed by atoms with Gasteiger partial charge in [0.2, 0.25) is 0 Å². The van der Waals surface area contributed by atoms with Gasteiger partial charge in [0.25, 0.3) is 0 Å². The molecule has 0 aliphatic carbocycles. The summed E-state index contributed by atoms with van der Waals surface area (Å²) in [5, 5.41) is 0. The van der Waals surface area contributed by atoms with E-state index in [9.17, 15) is 0 Å². The molecule has 0 aromatic heterocycles. The van der Waals surface area contributed by atoms with Crippen LogP contribution in [0.4, 0.5) is 0 Å². The van der Waals surface area contributed by atoms with Gasteiger partial charge in [-0.25, -0.2) is 0 Å². The van der Waals surface area contributed by atoms with E-state index < -0.39 is 9.05 Å². The molecular weight excluding hydrogens is 332 g/mol. The smallest absolute Gasteiger partial charge is 0.379 e. The zero-order valence-corrected chi connectivity index (χ0v) is 16.8. The number of ether oxygens (including phenoxy) is 3. The molecule has 0 rings (SSSR count). The molecule has 0 radical (unpaired) electrons. The molecular formula is C16H36O7Si. The number of unbranched alkanes of at least 4 members (excludes halogenated alkanes) is 1. The Balaban J connectivity index is 4.58. The monoisotopic (exact) mass is 368 g/mol. The summed E-state index contributed by atoms with van der Waals surface area (Å²) in [6, 6.07) is 0. The van der Waals surface area contributed by atoms with Gasteiger partial charge in [0, 0.05) is 26.4 Å². The minimum atomic E-state index is -3.22. The molecule has 0 aliphatic rings. The molecule has 0 N–H and O–H groups in total. The van der Waals surface area contributed by atoms with Crippen LogP contribution in [0.3, 0.4) is 0 Å². The molecule has 0 atom stereocenters. The molecule has 0 amide bonds. The fourth-order valence-electron chi connectivity index (χ4n) is 1.70. The Morgan fingerprint density at radius 3 is 1.21 bits per heavy atom. The molecule has 0 fully saturated rings. The average molecular weight is 369 g/mol. The van der Waals surface area contributed by atoms with Crippen molar-refractivity contribution >= 4 is 9.05 Å². The molecule has 0 aromatic rings. The minimum absolute atomic E-state index is 0.370. The van der Waals surface area contributed by atoms with Crippen LogP contribution in [0.15, 0.2) is 0 Å². The van der Waals surface area contributed by atoms with Crippen molar-refractivity contribution in [3.05, 3.63) is 0 Å². The Morgan fingerprint density at radius 2 is 0.875 bits per heavy atom. The van der Waals surface area contributed by atoms with E-state index in [2.05, 4.69) is 6.92 Å². The summed E-state index contributed by atoms with van der Waals surface area (Å²) < 4.78 is 39.5. The SMILES string of the molecule is CCCCO[Si](OCCOCC)(OCCOCC)OCCOCC. The van der Waals surface area contributed by atoms with Gasteiger partial charge in [0.15, 0.2) is 0 Å². The molecule has 7 nitrogen and oxygen atoms in total. The van der Waals surface area contributed by atoms with Gasteiger partial charge in [-0.3, -0.25) is 0 Å². The van der Waals surface area contributed by atoms with Crippen LogP contribution in [0.2, 0.25) is 0 Å². The van der Waals surface area contributed by atoms with Gasteiger partial charge in [-0.05, 0) is 27.2 Å². The predicted octanol–water partition coefficient (Wildman–Crippen LogP) is 2.40. The van der Waals surface area contributed by atoms with Crippen LogP contribution in [0.1, 0.15) is 40.5 Å². The van der Waals surface area contributed by atoms with Crippen LogP contribution in [-0.4, -0.2) is 75.1 Å². The first kappa shape index (κ1) is 23.9. The third-order valence-electron chi connectivity index (χ3n) is 2.91. The van der Waals surface area contributed by atoms with Crippen LogP contribution in [0.25, 0.3) is 0 Å². The maximum absolute atomic E-state index is 5.92. The van der Waals surface area contributed by atoms with Crippen LogP contribution in [0, 0.1) is 0 Å². The van der Waals surface area contributed by atoms with Crippen LogP contribution < -0.4 is 0 Å². The first-order chi connectivity index (χ1) is 11.7. The van der Waals surface area contributed by atoms with E-state index >= 15 is 0 Å². The number of hydrogen-bond donors (Lipinski definition) is 0. The average Bonchev–Trinajstić information content (AvgIpc) is 2.60. The summed E-state index contributed by atoms with van der Waals surface area (Å²) in [5.74, 6) is 0. The second-order valence-electron chi connectivity index (χ2n) is 4.84. The third kappa shape index (κ3) is 13.3. The van der Waals surface area contributed by atoms with Crippen molar-refractivity contribution in [2.45, 2.75) is 40.5 Å². The Hall–Kier alpha value is -0.0631. The van der Waals surface area contributed by atoms with E-state index in [1.54, 1.807) is 0 Å². The summed E-state index contributed by atoms with van der Waals surface area (Å²) in [6.07, 6.45) is 1.95.